The van der Waals surface area contributed by atoms with Crippen LogP contribution >= 0.6 is 24.0 Å². The third-order valence-corrected chi connectivity index (χ3v) is 4.54. The molecule has 1 unspecified atom stereocenters. The van der Waals surface area contributed by atoms with E-state index in [-0.39, 0.29) is 11.2 Å². The Hall–Kier alpha value is -1.07. The maximum atomic E-state index is 12.4. The zero-order chi connectivity index (χ0) is 13.1. The van der Waals surface area contributed by atoms with Crippen molar-refractivity contribution in [3.63, 3.8) is 0 Å². The summed E-state index contributed by atoms with van der Waals surface area (Å²) in [6, 6.07) is 7.99. The molecule has 0 spiro atoms. The molecule has 18 heavy (non-hydrogen) atoms. The van der Waals surface area contributed by atoms with Gasteiger partial charge in [0, 0.05) is 17.9 Å². The highest BCUT2D eigenvalue weighted by Crippen LogP contribution is 2.40. The lowest BCUT2D eigenvalue weighted by atomic mass is 10.2. The summed E-state index contributed by atoms with van der Waals surface area (Å²) in [5.74, 6) is 0.164. The molecule has 2 N–H and O–H groups in total. The van der Waals surface area contributed by atoms with Gasteiger partial charge in [-0.25, -0.2) is 0 Å². The van der Waals surface area contributed by atoms with Crippen LogP contribution in [-0.2, 0) is 4.79 Å². The van der Waals surface area contributed by atoms with E-state index < -0.39 is 0 Å². The number of thiocarbonyl (C=S) groups is 1. The molecule has 1 heterocycles. The van der Waals surface area contributed by atoms with Crippen molar-refractivity contribution < 1.29 is 4.79 Å². The molecule has 0 saturated carbocycles. The molecule has 96 valence electrons. The highest BCUT2D eigenvalue weighted by Gasteiger charge is 2.31. The number of nitrogens with two attached hydrogens (primary N) is 1. The highest BCUT2D eigenvalue weighted by molar-refractivity contribution is 8.01. The smallest absolute Gasteiger partial charge is 0.240 e. The number of carbonyl (C=O) groups is 1. The van der Waals surface area contributed by atoms with Crippen molar-refractivity contribution in [1.29, 1.82) is 0 Å². The zero-order valence-electron chi connectivity index (χ0n) is 10.3. The van der Waals surface area contributed by atoms with Crippen LogP contribution in [0.15, 0.2) is 29.2 Å². The van der Waals surface area contributed by atoms with Crippen molar-refractivity contribution in [1.82, 2.24) is 0 Å². The van der Waals surface area contributed by atoms with E-state index in [4.69, 9.17) is 18.0 Å². The molecule has 0 saturated heterocycles. The summed E-state index contributed by atoms with van der Waals surface area (Å²) >= 11 is 6.54. The maximum Gasteiger partial charge on any atom is 0.240 e. The van der Waals surface area contributed by atoms with Crippen molar-refractivity contribution in [2.75, 3.05) is 11.4 Å². The van der Waals surface area contributed by atoms with Crippen molar-refractivity contribution in [3.05, 3.63) is 24.3 Å². The first-order valence-electron chi connectivity index (χ1n) is 5.99. The molecule has 0 bridgehead atoms. The number of para-hydroxylation sites is 1. The number of fused-ring (bicyclic) bond motifs is 1. The van der Waals surface area contributed by atoms with Gasteiger partial charge in [0.05, 0.1) is 15.9 Å². The number of benzene rings is 1. The van der Waals surface area contributed by atoms with Crippen LogP contribution < -0.4 is 10.6 Å². The summed E-state index contributed by atoms with van der Waals surface area (Å²) in [4.78, 5) is 15.8. The molecule has 0 fully saturated rings. The van der Waals surface area contributed by atoms with E-state index in [1.54, 1.807) is 11.8 Å². The fourth-order valence-electron chi connectivity index (χ4n) is 1.99. The van der Waals surface area contributed by atoms with Gasteiger partial charge in [0.15, 0.2) is 0 Å². The first-order valence-corrected chi connectivity index (χ1v) is 7.27. The first-order chi connectivity index (χ1) is 8.63. The summed E-state index contributed by atoms with van der Waals surface area (Å²) in [6.07, 6.45) is 1.40. The summed E-state index contributed by atoms with van der Waals surface area (Å²) in [5, 5.41) is 0.00578. The molecule has 2 rings (SSSR count). The third kappa shape index (κ3) is 2.67. The van der Waals surface area contributed by atoms with Gasteiger partial charge in [-0.3, -0.25) is 4.79 Å². The largest absolute Gasteiger partial charge is 0.393 e. The van der Waals surface area contributed by atoms with Gasteiger partial charge in [0.1, 0.15) is 0 Å². The fourth-order valence-corrected chi connectivity index (χ4v) is 3.24. The van der Waals surface area contributed by atoms with Gasteiger partial charge in [-0.15, -0.1) is 11.8 Å². The van der Waals surface area contributed by atoms with E-state index in [1.807, 2.05) is 30.0 Å². The number of carbonyl (C=O) groups excluding carboxylic acids is 1. The summed E-state index contributed by atoms with van der Waals surface area (Å²) in [7, 11) is 0. The quantitative estimate of drug-likeness (QED) is 0.861. The molecular weight excluding hydrogens is 264 g/mol. The predicted molar refractivity (Wildman–Crippen MR) is 80.1 cm³/mol. The van der Waals surface area contributed by atoms with Crippen LogP contribution in [-0.4, -0.2) is 22.7 Å². The third-order valence-electron chi connectivity index (χ3n) is 2.92. The molecule has 1 atom stereocenters. The Morgan fingerprint density at radius 1 is 1.50 bits per heavy atom. The standard InChI is InChI=1S/C13H16N2OS2/c1-2-10-13(16)15(8-7-12(14)17)9-5-3-4-6-11(9)18-10/h3-6,10H,2,7-8H2,1H3,(H2,14,17). The van der Waals surface area contributed by atoms with E-state index in [0.29, 0.717) is 18.0 Å². The number of nitrogens with zero attached hydrogens (tertiary/aromatic N) is 1. The Morgan fingerprint density at radius 2 is 2.22 bits per heavy atom. The van der Waals surface area contributed by atoms with Gasteiger partial charge in [0.2, 0.25) is 5.91 Å². The molecular formula is C13H16N2OS2. The van der Waals surface area contributed by atoms with Gasteiger partial charge in [-0.2, -0.15) is 0 Å². The monoisotopic (exact) mass is 280 g/mol. The van der Waals surface area contributed by atoms with Crippen LogP contribution in [0.1, 0.15) is 19.8 Å². The molecule has 0 radical (unpaired) electrons. The average molecular weight is 280 g/mol. The summed E-state index contributed by atoms with van der Waals surface area (Å²) in [6.45, 7) is 2.61. The second kappa shape index (κ2) is 5.71. The van der Waals surface area contributed by atoms with Gasteiger partial charge in [-0.05, 0) is 18.6 Å². The lowest BCUT2D eigenvalue weighted by molar-refractivity contribution is -0.118. The molecule has 1 aromatic rings. The second-order valence-electron chi connectivity index (χ2n) is 4.19. The maximum absolute atomic E-state index is 12.4. The topological polar surface area (TPSA) is 46.3 Å². The van der Waals surface area contributed by atoms with E-state index in [2.05, 4.69) is 6.07 Å². The van der Waals surface area contributed by atoms with Crippen LogP contribution in [0, 0.1) is 0 Å². The Bertz CT molecular complexity index is 476. The summed E-state index contributed by atoms with van der Waals surface area (Å²) in [5.41, 5.74) is 6.51. The van der Waals surface area contributed by atoms with Gasteiger partial charge in [0.25, 0.3) is 0 Å². The Morgan fingerprint density at radius 3 is 2.89 bits per heavy atom. The number of rotatable bonds is 4. The number of hydrogen-bond acceptors (Lipinski definition) is 3. The fraction of sp³-hybridized carbons (Fsp3) is 0.385. The van der Waals surface area contributed by atoms with Crippen LogP contribution in [0.4, 0.5) is 5.69 Å². The van der Waals surface area contributed by atoms with E-state index >= 15 is 0 Å². The Labute approximate surface area is 117 Å². The van der Waals surface area contributed by atoms with Crippen LogP contribution in [0.25, 0.3) is 0 Å². The van der Waals surface area contributed by atoms with Crippen LogP contribution in [0.5, 0.6) is 0 Å². The molecule has 5 heteroatoms. The number of thioether (sulfide) groups is 1. The minimum atomic E-state index is 0.00578. The van der Waals surface area contributed by atoms with Crippen LogP contribution in [0.3, 0.4) is 0 Å². The molecule has 1 amide bonds. The summed E-state index contributed by atoms with van der Waals surface area (Å²) < 4.78 is 0. The van der Waals surface area contributed by atoms with E-state index in [9.17, 15) is 4.79 Å². The van der Waals surface area contributed by atoms with Crippen molar-refractivity contribution in [3.8, 4) is 0 Å². The van der Waals surface area contributed by atoms with Crippen LogP contribution in [0.2, 0.25) is 0 Å². The number of anilines is 1. The minimum absolute atomic E-state index is 0.00578. The molecule has 1 aromatic carbocycles. The molecule has 0 aliphatic carbocycles. The van der Waals surface area contributed by atoms with Crippen molar-refractivity contribution >= 4 is 40.6 Å². The lowest BCUT2D eigenvalue weighted by Gasteiger charge is -2.33. The molecule has 1 aliphatic rings. The molecule has 1 aliphatic heterocycles. The molecule has 3 nitrogen and oxygen atoms in total. The number of hydrogen-bond donors (Lipinski definition) is 1. The Kier molecular flexibility index (Phi) is 4.24. The zero-order valence-corrected chi connectivity index (χ0v) is 11.9. The van der Waals surface area contributed by atoms with Gasteiger partial charge in [-0.1, -0.05) is 31.3 Å². The Balaban J connectivity index is 2.29. The molecule has 0 aromatic heterocycles. The minimum Gasteiger partial charge on any atom is -0.393 e. The first kappa shape index (κ1) is 13.4. The average Bonchev–Trinajstić information content (AvgIpc) is 2.36. The van der Waals surface area contributed by atoms with Crippen molar-refractivity contribution in [2.24, 2.45) is 5.73 Å². The SMILES string of the molecule is CCC1Sc2ccccc2N(CCC(N)=S)C1=O. The number of amides is 1. The predicted octanol–water partition coefficient (Wildman–Crippen LogP) is 2.58. The lowest BCUT2D eigenvalue weighted by Crippen LogP contribution is -2.42. The van der Waals surface area contributed by atoms with E-state index in [0.717, 1.165) is 17.0 Å². The highest BCUT2D eigenvalue weighted by atomic mass is 32.2. The van der Waals surface area contributed by atoms with E-state index in [1.165, 1.54) is 0 Å². The normalized spacial score (nSPS) is 18.6. The van der Waals surface area contributed by atoms with Gasteiger partial charge >= 0.3 is 0 Å². The van der Waals surface area contributed by atoms with Crippen molar-refractivity contribution in [2.45, 2.75) is 29.9 Å². The van der Waals surface area contributed by atoms with Gasteiger partial charge < -0.3 is 10.6 Å². The second-order valence-corrected chi connectivity index (χ2v) is 5.96.